The average molecular weight is 268 g/mol. The Kier molecular flexibility index (Phi) is 4.14. The molecule has 1 aliphatic heterocycles. The largest absolute Gasteiger partial charge is 0.349 e. The van der Waals surface area contributed by atoms with E-state index in [4.69, 9.17) is 0 Å². The standard InChI is InChI=1S/C14H18F2N2O/c1-17-10-12-8-5-9-18(12)13(19)14(15,16)11-6-3-2-4-7-11/h2-4,6-7,12,17H,5,8-10H2,1H3. The predicted octanol–water partition coefficient (Wildman–Crippen LogP) is 1.99. The minimum absolute atomic E-state index is 0.132. The van der Waals surface area contributed by atoms with E-state index in [2.05, 4.69) is 5.32 Å². The first-order valence-corrected chi connectivity index (χ1v) is 6.46. The van der Waals surface area contributed by atoms with Crippen LogP contribution in [0.1, 0.15) is 18.4 Å². The topological polar surface area (TPSA) is 32.3 Å². The molecule has 1 amide bonds. The number of likely N-dealkylation sites (tertiary alicyclic amines) is 1. The molecule has 104 valence electrons. The van der Waals surface area contributed by atoms with Crippen LogP contribution in [0.2, 0.25) is 0 Å². The van der Waals surface area contributed by atoms with E-state index < -0.39 is 11.8 Å². The molecule has 1 aromatic carbocycles. The first-order valence-electron chi connectivity index (χ1n) is 6.46. The lowest BCUT2D eigenvalue weighted by Gasteiger charge is -2.28. The van der Waals surface area contributed by atoms with Crippen LogP contribution in [0.5, 0.6) is 0 Å². The summed E-state index contributed by atoms with van der Waals surface area (Å²) in [7, 11) is 1.76. The van der Waals surface area contributed by atoms with Crippen molar-refractivity contribution in [2.75, 3.05) is 20.1 Å². The number of hydrogen-bond acceptors (Lipinski definition) is 2. The summed E-state index contributed by atoms with van der Waals surface area (Å²) in [5.74, 6) is -4.53. The highest BCUT2D eigenvalue weighted by Crippen LogP contribution is 2.32. The number of benzene rings is 1. The number of alkyl halides is 2. The number of nitrogens with one attached hydrogen (secondary N) is 1. The second-order valence-corrected chi connectivity index (χ2v) is 4.79. The summed E-state index contributed by atoms with van der Waals surface area (Å²) >= 11 is 0. The van der Waals surface area contributed by atoms with Crippen molar-refractivity contribution in [2.24, 2.45) is 0 Å². The third kappa shape index (κ3) is 2.76. The van der Waals surface area contributed by atoms with Gasteiger partial charge in [-0.3, -0.25) is 4.79 Å². The van der Waals surface area contributed by atoms with Crippen LogP contribution in [0.3, 0.4) is 0 Å². The Bertz CT molecular complexity index is 436. The summed E-state index contributed by atoms with van der Waals surface area (Å²) in [4.78, 5) is 13.4. The lowest BCUT2D eigenvalue weighted by Crippen LogP contribution is -2.47. The van der Waals surface area contributed by atoms with E-state index in [9.17, 15) is 13.6 Å². The molecular formula is C14H18F2N2O. The Morgan fingerprint density at radius 1 is 1.42 bits per heavy atom. The molecule has 1 heterocycles. The van der Waals surface area contributed by atoms with Gasteiger partial charge in [0, 0.05) is 24.7 Å². The molecule has 1 fully saturated rings. The fourth-order valence-electron chi connectivity index (χ4n) is 2.50. The van der Waals surface area contributed by atoms with Crippen LogP contribution in [-0.2, 0) is 10.7 Å². The second-order valence-electron chi connectivity index (χ2n) is 4.79. The molecule has 1 aliphatic rings. The molecule has 1 atom stereocenters. The summed E-state index contributed by atoms with van der Waals surface area (Å²) in [5, 5.41) is 2.95. The zero-order chi connectivity index (χ0) is 13.9. The SMILES string of the molecule is CNCC1CCCN1C(=O)C(F)(F)c1ccccc1. The Hall–Kier alpha value is -1.49. The summed E-state index contributed by atoms with van der Waals surface area (Å²) < 4.78 is 28.4. The smallest absolute Gasteiger partial charge is 0.333 e. The highest BCUT2D eigenvalue weighted by atomic mass is 19.3. The van der Waals surface area contributed by atoms with Gasteiger partial charge in [-0.15, -0.1) is 0 Å². The molecule has 1 unspecified atom stereocenters. The van der Waals surface area contributed by atoms with Crippen molar-refractivity contribution in [1.29, 1.82) is 0 Å². The van der Waals surface area contributed by atoms with Crippen LogP contribution in [0.4, 0.5) is 8.78 Å². The zero-order valence-corrected chi connectivity index (χ0v) is 10.9. The Morgan fingerprint density at radius 3 is 2.74 bits per heavy atom. The fraction of sp³-hybridized carbons (Fsp3) is 0.500. The Morgan fingerprint density at radius 2 is 2.11 bits per heavy atom. The molecule has 0 spiro atoms. The highest BCUT2D eigenvalue weighted by Gasteiger charge is 2.46. The van der Waals surface area contributed by atoms with Gasteiger partial charge >= 0.3 is 5.92 Å². The lowest BCUT2D eigenvalue weighted by molar-refractivity contribution is -0.159. The minimum atomic E-state index is -3.45. The van der Waals surface area contributed by atoms with Gasteiger partial charge in [-0.05, 0) is 19.9 Å². The molecule has 0 saturated carbocycles. The monoisotopic (exact) mass is 268 g/mol. The van der Waals surface area contributed by atoms with Crippen molar-refractivity contribution in [3.8, 4) is 0 Å². The van der Waals surface area contributed by atoms with Crippen LogP contribution in [-0.4, -0.2) is 37.0 Å². The van der Waals surface area contributed by atoms with Crippen molar-refractivity contribution < 1.29 is 13.6 Å². The number of carbonyl (C=O) groups is 1. The van der Waals surface area contributed by atoms with Gasteiger partial charge < -0.3 is 10.2 Å². The van der Waals surface area contributed by atoms with Crippen molar-refractivity contribution in [3.63, 3.8) is 0 Å². The lowest BCUT2D eigenvalue weighted by atomic mass is 10.1. The van der Waals surface area contributed by atoms with E-state index in [0.29, 0.717) is 13.1 Å². The normalized spacial score (nSPS) is 19.7. The number of likely N-dealkylation sites (N-methyl/N-ethyl adjacent to an activating group) is 1. The van der Waals surface area contributed by atoms with Gasteiger partial charge in [-0.2, -0.15) is 8.78 Å². The number of amides is 1. The molecule has 19 heavy (non-hydrogen) atoms. The van der Waals surface area contributed by atoms with Crippen molar-refractivity contribution in [3.05, 3.63) is 35.9 Å². The van der Waals surface area contributed by atoms with Crippen LogP contribution < -0.4 is 5.32 Å². The molecule has 0 radical (unpaired) electrons. The molecule has 5 heteroatoms. The first kappa shape index (κ1) is 13.9. The molecule has 0 bridgehead atoms. The van der Waals surface area contributed by atoms with Crippen LogP contribution in [0.25, 0.3) is 0 Å². The summed E-state index contributed by atoms with van der Waals surface area (Å²) in [6.45, 7) is 0.963. The average Bonchev–Trinajstić information content (AvgIpc) is 2.87. The predicted molar refractivity (Wildman–Crippen MR) is 69.0 cm³/mol. The number of halogens is 2. The maximum Gasteiger partial charge on any atom is 0.349 e. The van der Waals surface area contributed by atoms with E-state index in [1.54, 1.807) is 13.1 Å². The van der Waals surface area contributed by atoms with Gasteiger partial charge in [0.1, 0.15) is 0 Å². The van der Waals surface area contributed by atoms with E-state index in [1.165, 1.54) is 29.2 Å². The molecule has 0 aliphatic carbocycles. The van der Waals surface area contributed by atoms with Gasteiger partial charge in [0.15, 0.2) is 0 Å². The fourth-order valence-corrected chi connectivity index (χ4v) is 2.50. The van der Waals surface area contributed by atoms with E-state index >= 15 is 0 Å². The van der Waals surface area contributed by atoms with E-state index in [0.717, 1.165) is 12.8 Å². The Labute approximate surface area is 111 Å². The number of rotatable bonds is 4. The summed E-state index contributed by atoms with van der Waals surface area (Å²) in [6.07, 6.45) is 1.56. The first-order chi connectivity index (χ1) is 9.07. The third-order valence-electron chi connectivity index (χ3n) is 3.48. The quantitative estimate of drug-likeness (QED) is 0.905. The molecule has 2 rings (SSSR count). The molecule has 1 aromatic rings. The van der Waals surface area contributed by atoms with Crippen LogP contribution in [0.15, 0.2) is 30.3 Å². The van der Waals surface area contributed by atoms with Gasteiger partial charge in [0.2, 0.25) is 0 Å². The van der Waals surface area contributed by atoms with Crippen molar-refractivity contribution in [1.82, 2.24) is 10.2 Å². The minimum Gasteiger partial charge on any atom is -0.333 e. The summed E-state index contributed by atoms with van der Waals surface area (Å²) in [6, 6.07) is 7.15. The molecule has 0 aromatic heterocycles. The van der Waals surface area contributed by atoms with Crippen LogP contribution >= 0.6 is 0 Å². The number of carbonyl (C=O) groups excluding carboxylic acids is 1. The molecule has 3 nitrogen and oxygen atoms in total. The molecule has 1 saturated heterocycles. The van der Waals surface area contributed by atoms with Gasteiger partial charge in [0.05, 0.1) is 0 Å². The maximum absolute atomic E-state index is 14.2. The van der Waals surface area contributed by atoms with Gasteiger partial charge in [0.25, 0.3) is 5.91 Å². The van der Waals surface area contributed by atoms with Crippen molar-refractivity contribution in [2.45, 2.75) is 24.8 Å². The van der Waals surface area contributed by atoms with E-state index in [-0.39, 0.29) is 11.6 Å². The van der Waals surface area contributed by atoms with E-state index in [1.807, 2.05) is 0 Å². The molecular weight excluding hydrogens is 250 g/mol. The zero-order valence-electron chi connectivity index (χ0n) is 10.9. The molecule has 1 N–H and O–H groups in total. The summed E-state index contributed by atoms with van der Waals surface area (Å²) in [5.41, 5.74) is -0.241. The van der Waals surface area contributed by atoms with Gasteiger partial charge in [-0.1, -0.05) is 30.3 Å². The second kappa shape index (κ2) is 5.65. The third-order valence-corrected chi connectivity index (χ3v) is 3.48. The van der Waals surface area contributed by atoms with Crippen molar-refractivity contribution >= 4 is 5.91 Å². The number of nitrogens with zero attached hydrogens (tertiary/aromatic N) is 1. The maximum atomic E-state index is 14.2. The Balaban J connectivity index is 2.18. The van der Waals surface area contributed by atoms with Crippen LogP contribution in [0, 0.1) is 0 Å². The highest BCUT2D eigenvalue weighted by molar-refractivity contribution is 5.85. The number of hydrogen-bond donors (Lipinski definition) is 1. The van der Waals surface area contributed by atoms with Gasteiger partial charge in [-0.25, -0.2) is 0 Å².